The van der Waals surface area contributed by atoms with Crippen LogP contribution in [0.15, 0.2) is 23.1 Å². The van der Waals surface area contributed by atoms with E-state index in [1.165, 1.54) is 0 Å². The van der Waals surface area contributed by atoms with E-state index in [0.717, 1.165) is 22.9 Å². The van der Waals surface area contributed by atoms with Crippen molar-refractivity contribution in [1.29, 1.82) is 0 Å². The smallest absolute Gasteiger partial charge is 0.243 e. The summed E-state index contributed by atoms with van der Waals surface area (Å²) in [5.41, 5.74) is 0. The Bertz CT molecular complexity index is 568. The van der Waals surface area contributed by atoms with Crippen molar-refractivity contribution in [3.63, 3.8) is 0 Å². The van der Waals surface area contributed by atoms with E-state index in [1.54, 1.807) is 0 Å². The molecule has 0 N–H and O–H groups in total. The molecule has 1 atom stereocenters. The lowest BCUT2D eigenvalue weighted by atomic mass is 10.1. The largest absolute Gasteiger partial charge is 0.302 e. The number of carbonyl (C=O) groups excluding carboxylic acids is 1. The third-order valence-electron chi connectivity index (χ3n) is 3.10. The topological polar surface area (TPSA) is 54.5 Å². The second-order valence-corrected chi connectivity index (χ2v) is 6.31. The highest BCUT2D eigenvalue weighted by atomic mass is 32.2. The number of hydrogen-bond donors (Lipinski definition) is 0. The van der Waals surface area contributed by atoms with Gasteiger partial charge in [-0.15, -0.1) is 0 Å². The molecular formula is C12H13F2NO3S. The number of rotatable bonds is 3. The average molecular weight is 289 g/mol. The molecule has 19 heavy (non-hydrogen) atoms. The fourth-order valence-corrected chi connectivity index (χ4v) is 3.85. The monoisotopic (exact) mass is 289 g/mol. The molecule has 0 radical (unpaired) electrons. The summed E-state index contributed by atoms with van der Waals surface area (Å²) < 4.78 is 51.8. The zero-order valence-corrected chi connectivity index (χ0v) is 10.9. The van der Waals surface area contributed by atoms with E-state index in [9.17, 15) is 22.0 Å². The maximum atomic E-state index is 13.1. The maximum Gasteiger partial charge on any atom is 0.243 e. The van der Waals surface area contributed by atoms with Crippen molar-refractivity contribution in [1.82, 2.24) is 4.31 Å². The molecule has 1 unspecified atom stereocenters. The zero-order valence-electron chi connectivity index (χ0n) is 10.1. The first kappa shape index (κ1) is 14.1. The van der Waals surface area contributed by atoms with Gasteiger partial charge in [-0.3, -0.25) is 0 Å². The van der Waals surface area contributed by atoms with Crippen LogP contribution in [-0.4, -0.2) is 31.6 Å². The number of carbonyl (C=O) groups is 1. The zero-order chi connectivity index (χ0) is 14.0. The van der Waals surface area contributed by atoms with Gasteiger partial charge in [0.05, 0.1) is 10.9 Å². The van der Waals surface area contributed by atoms with Gasteiger partial charge in [-0.2, -0.15) is 4.31 Å². The normalized spacial score (nSPS) is 21.3. The Balaban J connectivity index is 2.43. The predicted molar refractivity (Wildman–Crippen MR) is 64.0 cm³/mol. The van der Waals surface area contributed by atoms with Gasteiger partial charge < -0.3 is 4.79 Å². The lowest BCUT2D eigenvalue weighted by Gasteiger charge is -2.31. The summed E-state index contributed by atoms with van der Waals surface area (Å²) in [6.07, 6.45) is 2.38. The Morgan fingerprint density at radius 3 is 2.37 bits per heavy atom. The van der Waals surface area contributed by atoms with E-state index in [1.807, 2.05) is 0 Å². The lowest BCUT2D eigenvalue weighted by molar-refractivity contribution is -0.111. The third kappa shape index (κ3) is 2.82. The van der Waals surface area contributed by atoms with Crippen molar-refractivity contribution in [2.24, 2.45) is 0 Å². The van der Waals surface area contributed by atoms with Crippen molar-refractivity contribution in [2.75, 3.05) is 6.54 Å². The minimum Gasteiger partial charge on any atom is -0.302 e. The molecule has 1 saturated heterocycles. The maximum absolute atomic E-state index is 13.1. The first-order chi connectivity index (χ1) is 8.95. The van der Waals surface area contributed by atoms with Crippen molar-refractivity contribution in [3.05, 3.63) is 29.8 Å². The molecule has 0 amide bonds. The highest BCUT2D eigenvalue weighted by Gasteiger charge is 2.33. The Kier molecular flexibility index (Phi) is 3.96. The molecule has 1 aliphatic heterocycles. The Hall–Kier alpha value is -1.34. The Morgan fingerprint density at radius 2 is 1.79 bits per heavy atom. The van der Waals surface area contributed by atoms with Crippen LogP contribution in [0.25, 0.3) is 0 Å². The van der Waals surface area contributed by atoms with Gasteiger partial charge in [-0.25, -0.2) is 17.2 Å². The third-order valence-corrected chi connectivity index (χ3v) is 5.00. The summed E-state index contributed by atoms with van der Waals surface area (Å²) in [6.45, 7) is 0.184. The van der Waals surface area contributed by atoms with Crippen LogP contribution in [-0.2, 0) is 14.8 Å². The van der Waals surface area contributed by atoms with Crippen LogP contribution in [0, 0.1) is 11.6 Å². The molecule has 1 heterocycles. The molecule has 4 nitrogen and oxygen atoms in total. The quantitative estimate of drug-likeness (QED) is 0.796. The van der Waals surface area contributed by atoms with E-state index >= 15 is 0 Å². The van der Waals surface area contributed by atoms with Crippen molar-refractivity contribution in [2.45, 2.75) is 30.2 Å². The highest BCUT2D eigenvalue weighted by molar-refractivity contribution is 7.89. The number of halogens is 2. The number of benzene rings is 1. The summed E-state index contributed by atoms with van der Waals surface area (Å²) in [7, 11) is -4.05. The fourth-order valence-electron chi connectivity index (χ4n) is 2.18. The molecule has 1 aromatic rings. The molecule has 1 fully saturated rings. The molecule has 0 aromatic heterocycles. The van der Waals surface area contributed by atoms with Crippen molar-refractivity contribution < 1.29 is 22.0 Å². The molecule has 0 aliphatic carbocycles. The second-order valence-electron chi connectivity index (χ2n) is 4.42. The number of sulfonamides is 1. The number of piperidine rings is 1. The lowest BCUT2D eigenvalue weighted by Crippen LogP contribution is -2.44. The first-order valence-electron chi connectivity index (χ1n) is 5.88. The fraction of sp³-hybridized carbons (Fsp3) is 0.417. The molecule has 2 rings (SSSR count). The van der Waals surface area contributed by atoms with Gasteiger partial charge in [0, 0.05) is 12.6 Å². The predicted octanol–water partition coefficient (Wildman–Crippen LogP) is 1.71. The summed E-state index contributed by atoms with van der Waals surface area (Å²) in [4.78, 5) is 10.5. The number of aldehydes is 1. The van der Waals surface area contributed by atoms with Crippen LogP contribution in [0.3, 0.4) is 0 Å². The minimum absolute atomic E-state index is 0.184. The van der Waals surface area contributed by atoms with Crippen LogP contribution in [0.1, 0.15) is 19.3 Å². The van der Waals surface area contributed by atoms with Crippen molar-refractivity contribution in [3.8, 4) is 0 Å². The van der Waals surface area contributed by atoms with Gasteiger partial charge in [-0.1, -0.05) is 6.42 Å². The van der Waals surface area contributed by atoms with Gasteiger partial charge in [0.25, 0.3) is 0 Å². The van der Waals surface area contributed by atoms with E-state index in [2.05, 4.69) is 0 Å². The van der Waals surface area contributed by atoms with E-state index in [4.69, 9.17) is 0 Å². The molecular weight excluding hydrogens is 276 g/mol. The SMILES string of the molecule is O=CC1CCCCN1S(=O)(=O)c1cc(F)cc(F)c1. The molecule has 0 saturated carbocycles. The number of nitrogens with zero attached hydrogens (tertiary/aromatic N) is 1. The summed E-state index contributed by atoms with van der Waals surface area (Å²) >= 11 is 0. The molecule has 1 aliphatic rings. The van der Waals surface area contributed by atoms with Crippen LogP contribution in [0.2, 0.25) is 0 Å². The second kappa shape index (κ2) is 5.34. The summed E-state index contributed by atoms with van der Waals surface area (Å²) in [5, 5.41) is 0. The summed E-state index contributed by atoms with van der Waals surface area (Å²) in [6, 6.07) is 1.36. The highest BCUT2D eigenvalue weighted by Crippen LogP contribution is 2.25. The van der Waals surface area contributed by atoms with Crippen LogP contribution in [0.5, 0.6) is 0 Å². The van der Waals surface area contributed by atoms with Crippen LogP contribution >= 0.6 is 0 Å². The Morgan fingerprint density at radius 1 is 1.16 bits per heavy atom. The molecule has 104 valence electrons. The Labute approximate surface area is 110 Å². The van der Waals surface area contributed by atoms with E-state index in [0.29, 0.717) is 25.2 Å². The minimum atomic E-state index is -4.05. The van der Waals surface area contributed by atoms with Crippen LogP contribution in [0.4, 0.5) is 8.78 Å². The van der Waals surface area contributed by atoms with E-state index < -0.39 is 32.6 Å². The van der Waals surface area contributed by atoms with Gasteiger partial charge in [0.15, 0.2) is 0 Å². The first-order valence-corrected chi connectivity index (χ1v) is 7.32. The molecule has 0 bridgehead atoms. The van der Waals surface area contributed by atoms with Crippen molar-refractivity contribution >= 4 is 16.3 Å². The standard InChI is InChI=1S/C12H13F2NO3S/c13-9-5-10(14)7-12(6-9)19(17,18)15-4-2-1-3-11(15)8-16/h5-8,11H,1-4H2. The molecule has 0 spiro atoms. The van der Waals surface area contributed by atoms with Gasteiger partial charge in [0.1, 0.15) is 17.9 Å². The average Bonchev–Trinajstić information content (AvgIpc) is 2.37. The van der Waals surface area contributed by atoms with Gasteiger partial charge in [0.2, 0.25) is 10.0 Å². The number of hydrogen-bond acceptors (Lipinski definition) is 3. The van der Waals surface area contributed by atoms with E-state index in [-0.39, 0.29) is 6.54 Å². The molecule has 7 heteroatoms. The van der Waals surface area contributed by atoms with Gasteiger partial charge >= 0.3 is 0 Å². The van der Waals surface area contributed by atoms with Gasteiger partial charge in [-0.05, 0) is 25.0 Å². The molecule has 1 aromatic carbocycles. The summed E-state index contributed by atoms with van der Waals surface area (Å²) in [5.74, 6) is -1.92. The van der Waals surface area contributed by atoms with Crippen LogP contribution < -0.4 is 0 Å².